The number of pyridine rings is 2. The molecule has 4 aliphatic heterocycles. The zero-order chi connectivity index (χ0) is 54.1. The molecule has 2 saturated heterocycles. The fraction of sp³-hybridized carbons (Fsp3) is 0.441. The minimum absolute atomic E-state index is 0.00534. The first-order chi connectivity index (χ1) is 37.2. The molecular formula is C59H72N8O10. The second kappa shape index (κ2) is 24.7. The van der Waals surface area contributed by atoms with Gasteiger partial charge in [-0.15, -0.1) is 0 Å². The Morgan fingerprint density at radius 2 is 1.08 bits per heavy atom. The maximum Gasteiger partial charge on any atom is 0.410 e. The van der Waals surface area contributed by atoms with Crippen LogP contribution >= 0.6 is 0 Å². The molecule has 3 amide bonds. The number of likely N-dealkylation sites (tertiary alicyclic amines) is 2. The highest BCUT2D eigenvalue weighted by Crippen LogP contribution is 2.33. The molecule has 3 N–H and O–H groups in total. The second-order valence-electron chi connectivity index (χ2n) is 21.3. The Hall–Kier alpha value is -7.41. The van der Waals surface area contributed by atoms with Crippen molar-refractivity contribution in [1.82, 2.24) is 29.2 Å². The predicted molar refractivity (Wildman–Crippen MR) is 298 cm³/mol. The molecule has 6 aromatic rings. The van der Waals surface area contributed by atoms with E-state index >= 15 is 0 Å². The number of hydrogen-bond donors (Lipinski definition) is 3. The molecule has 0 atom stereocenters. The number of fused-ring (bicyclic) bond motifs is 4. The number of anilines is 2. The number of ether oxygens (including phenoxy) is 5. The third-order valence-corrected chi connectivity index (χ3v) is 14.7. The molecular weight excluding hydrogens is 981 g/mol. The number of benzene rings is 4. The number of carbonyl (C=O) groups excluding carboxylic acids is 3. The van der Waals surface area contributed by atoms with E-state index in [9.17, 15) is 24.0 Å². The number of amides is 3. The van der Waals surface area contributed by atoms with E-state index in [4.69, 9.17) is 23.7 Å². The predicted octanol–water partition coefficient (Wildman–Crippen LogP) is 7.45. The van der Waals surface area contributed by atoms with Gasteiger partial charge in [0.25, 0.3) is 11.1 Å². The van der Waals surface area contributed by atoms with Crippen LogP contribution in [0.3, 0.4) is 0 Å². The second-order valence-corrected chi connectivity index (χ2v) is 21.3. The van der Waals surface area contributed by atoms with Crippen molar-refractivity contribution in [2.75, 3.05) is 76.3 Å². The van der Waals surface area contributed by atoms with E-state index < -0.39 is 5.60 Å². The molecule has 408 valence electrons. The fourth-order valence-electron chi connectivity index (χ4n) is 10.7. The maximum absolute atomic E-state index is 13.4. The summed E-state index contributed by atoms with van der Waals surface area (Å²) in [4.78, 5) is 67.6. The lowest BCUT2D eigenvalue weighted by Gasteiger charge is -2.39. The lowest BCUT2D eigenvalue weighted by atomic mass is 10.0. The van der Waals surface area contributed by atoms with E-state index in [1.165, 1.54) is 5.56 Å². The van der Waals surface area contributed by atoms with Gasteiger partial charge in [-0.25, -0.2) is 4.79 Å². The molecule has 2 fully saturated rings. The molecule has 0 saturated carbocycles. The van der Waals surface area contributed by atoms with Gasteiger partial charge in [-0.3, -0.25) is 19.2 Å². The number of carbonyl (C=O) groups is 3. The summed E-state index contributed by atoms with van der Waals surface area (Å²) >= 11 is 0. The summed E-state index contributed by atoms with van der Waals surface area (Å²) < 4.78 is 32.1. The number of nitrogens with one attached hydrogen (secondary N) is 3. The van der Waals surface area contributed by atoms with Gasteiger partial charge in [-0.05, 0) is 144 Å². The summed E-state index contributed by atoms with van der Waals surface area (Å²) in [6.07, 6.45) is 4.70. The largest absolute Gasteiger partial charge is 0.486 e. The first kappa shape index (κ1) is 54.4. The maximum atomic E-state index is 13.4. The Kier molecular flexibility index (Phi) is 17.5. The van der Waals surface area contributed by atoms with E-state index in [1.54, 1.807) is 16.7 Å². The van der Waals surface area contributed by atoms with Gasteiger partial charge in [0.1, 0.15) is 32.0 Å². The van der Waals surface area contributed by atoms with Gasteiger partial charge >= 0.3 is 6.09 Å². The van der Waals surface area contributed by atoms with Crippen molar-refractivity contribution < 1.29 is 38.1 Å². The van der Waals surface area contributed by atoms with Gasteiger partial charge in [0.15, 0.2) is 23.0 Å². The number of hydrogen-bond acceptors (Lipinski definition) is 13. The summed E-state index contributed by atoms with van der Waals surface area (Å²) in [7, 11) is 0. The number of nitrogens with zero attached hydrogens (tertiary/aromatic N) is 5. The minimum atomic E-state index is -0.603. The summed E-state index contributed by atoms with van der Waals surface area (Å²) in [6, 6.07) is 27.1. The van der Waals surface area contributed by atoms with E-state index in [1.807, 2.05) is 105 Å². The molecule has 18 heteroatoms. The number of rotatable bonds is 16. The van der Waals surface area contributed by atoms with Gasteiger partial charge in [0.2, 0.25) is 12.8 Å². The Bertz CT molecular complexity index is 3190. The van der Waals surface area contributed by atoms with Crippen LogP contribution in [0.4, 0.5) is 16.2 Å². The smallest absolute Gasteiger partial charge is 0.410 e. The third kappa shape index (κ3) is 13.8. The average molecular weight is 1050 g/mol. The van der Waals surface area contributed by atoms with Crippen LogP contribution < -0.4 is 46.0 Å². The molecule has 18 nitrogen and oxygen atoms in total. The summed E-state index contributed by atoms with van der Waals surface area (Å²) in [5, 5.41) is 11.1. The molecule has 0 radical (unpaired) electrons. The molecule has 0 bridgehead atoms. The Balaban J connectivity index is 0.000000191. The lowest BCUT2D eigenvalue weighted by Crippen LogP contribution is -2.49. The van der Waals surface area contributed by atoms with E-state index in [0.717, 1.165) is 121 Å². The van der Waals surface area contributed by atoms with Crippen LogP contribution in [0.5, 0.6) is 23.0 Å². The summed E-state index contributed by atoms with van der Waals surface area (Å²) in [5.41, 5.74) is 6.35. The first-order valence-electron chi connectivity index (χ1n) is 26.9. The van der Waals surface area contributed by atoms with Gasteiger partial charge in [-0.1, -0.05) is 24.3 Å². The highest BCUT2D eigenvalue weighted by Gasteiger charge is 2.32. The normalized spacial score (nSPS) is 16.1. The van der Waals surface area contributed by atoms with Gasteiger partial charge in [0, 0.05) is 98.7 Å². The van der Waals surface area contributed by atoms with Crippen LogP contribution in [0.1, 0.15) is 68.7 Å². The molecule has 4 aromatic carbocycles. The average Bonchev–Trinajstić information content (AvgIpc) is 3.42. The molecule has 0 spiro atoms. The van der Waals surface area contributed by atoms with E-state index in [-0.39, 0.29) is 23.3 Å². The molecule has 10 rings (SSSR count). The van der Waals surface area contributed by atoms with Crippen LogP contribution in [0, 0.1) is 13.8 Å². The Morgan fingerprint density at radius 1 is 0.610 bits per heavy atom. The van der Waals surface area contributed by atoms with Crippen molar-refractivity contribution in [3.05, 3.63) is 128 Å². The van der Waals surface area contributed by atoms with Crippen molar-refractivity contribution in [3.8, 4) is 23.0 Å². The van der Waals surface area contributed by atoms with E-state index in [2.05, 4.69) is 37.9 Å². The molecule has 2 aromatic heterocycles. The molecule has 0 unspecified atom stereocenters. The number of aromatic nitrogens is 2. The van der Waals surface area contributed by atoms with Crippen molar-refractivity contribution in [1.29, 1.82) is 0 Å². The molecule has 77 heavy (non-hydrogen) atoms. The fourth-order valence-corrected chi connectivity index (χ4v) is 10.7. The van der Waals surface area contributed by atoms with Crippen LogP contribution in [0.2, 0.25) is 0 Å². The highest BCUT2D eigenvalue weighted by atomic mass is 16.6. The SMILES string of the molecule is Cc1cc(=O)n(CCN2CCC(N(Cc3ccc4c(c3)OCCO4)C(=O)OC(C)(C)C)CC2)c2cc(NC=O)ccc12.Cc1cc(=O)n(CCN2CCC(NCc3ccc4c(c3)OCCO4)CC2)c2cc(NC=O)ccc12. The molecule has 0 aliphatic carbocycles. The number of piperidine rings is 2. The highest BCUT2D eigenvalue weighted by molar-refractivity contribution is 5.88. The van der Waals surface area contributed by atoms with Crippen molar-refractivity contribution in [2.24, 2.45) is 0 Å². The van der Waals surface area contributed by atoms with Crippen molar-refractivity contribution >= 4 is 52.1 Å². The Labute approximate surface area is 449 Å². The van der Waals surface area contributed by atoms with Crippen LogP contribution in [0.25, 0.3) is 21.8 Å². The minimum Gasteiger partial charge on any atom is -0.486 e. The van der Waals surface area contributed by atoms with Gasteiger partial charge < -0.3 is 63.5 Å². The molecule has 4 aliphatic rings. The van der Waals surface area contributed by atoms with Crippen LogP contribution in [-0.2, 0) is 40.5 Å². The van der Waals surface area contributed by atoms with Crippen molar-refractivity contribution in [3.63, 3.8) is 0 Å². The third-order valence-electron chi connectivity index (χ3n) is 14.7. The molecule has 6 heterocycles. The quantitative estimate of drug-likeness (QED) is 0.0813. The summed E-state index contributed by atoms with van der Waals surface area (Å²) in [5.74, 6) is 3.08. The zero-order valence-electron chi connectivity index (χ0n) is 44.9. The number of aryl methyl sites for hydroxylation is 2. The Morgan fingerprint density at radius 3 is 1.57 bits per heavy atom. The summed E-state index contributed by atoms with van der Waals surface area (Å²) in [6.45, 7) is 19.2. The van der Waals surface area contributed by atoms with Gasteiger partial charge in [0.05, 0.1) is 11.0 Å². The van der Waals surface area contributed by atoms with Gasteiger partial charge in [-0.2, -0.15) is 0 Å². The zero-order valence-corrected chi connectivity index (χ0v) is 44.9. The topological polar surface area (TPSA) is 187 Å². The monoisotopic (exact) mass is 1050 g/mol. The lowest BCUT2D eigenvalue weighted by molar-refractivity contribution is -0.106. The van der Waals surface area contributed by atoms with Crippen LogP contribution in [-0.4, -0.2) is 126 Å². The van der Waals surface area contributed by atoms with Crippen molar-refractivity contribution in [2.45, 2.75) is 104 Å². The van der Waals surface area contributed by atoms with E-state index in [0.29, 0.717) is 88.6 Å². The standard InChI is InChI=1S/C32H40N4O6.C27H32N4O4/c1-22-17-30(38)35(27-19-24(33-21-37)6-7-26(22)27)14-13-34-11-9-25(10-12-34)36(31(39)42-32(2,3)4)20-23-5-8-28-29(18-23)41-16-15-40-28;1-19-14-27(33)31(24-16-22(29-18-32)3-4-23(19)24)11-10-30-8-6-21(7-9-30)28-17-20-2-5-25-26(15-20)35-13-12-34-25/h5-8,17-19,21,25H,9-16,20H2,1-4H3,(H,33,37);2-5,14-16,18,21,28H,6-13,17H2,1H3,(H,29,32). The first-order valence-corrected chi connectivity index (χ1v) is 26.9. The van der Waals surface area contributed by atoms with Crippen LogP contribution in [0.15, 0.2) is 94.5 Å².